The van der Waals surface area contributed by atoms with Crippen LogP contribution in [0.25, 0.3) is 6.08 Å². The van der Waals surface area contributed by atoms with Crippen LogP contribution >= 0.6 is 11.6 Å². The molecule has 2 atom stereocenters. The Kier molecular flexibility index (Phi) is 4.95. The van der Waals surface area contributed by atoms with Crippen LogP contribution in [-0.2, 0) is 9.53 Å². The Bertz CT molecular complexity index is 926. The maximum atomic E-state index is 13.1. The Hall–Kier alpha value is -2.65. The average Bonchev–Trinajstić information content (AvgIpc) is 3.07. The molecule has 27 heavy (non-hydrogen) atoms. The van der Waals surface area contributed by atoms with E-state index in [1.54, 1.807) is 24.3 Å². The van der Waals surface area contributed by atoms with Gasteiger partial charge >= 0.3 is 0 Å². The minimum absolute atomic E-state index is 0.0883. The standard InChI is InChI=1S/C23H19ClO3/c24-17-12-10-16(11-13-17)22(26)23-18(14-9-15-5-2-1-3-6-15)21-19(25)7-4-8-20(21)27-23/h1-3,5-6,9-14,18,23H,4,7-8H2/b14-9+. The molecular formula is C23H19ClO3. The van der Waals surface area contributed by atoms with Gasteiger partial charge in [-0.3, -0.25) is 9.59 Å². The Labute approximate surface area is 163 Å². The lowest BCUT2D eigenvalue weighted by Gasteiger charge is -2.17. The van der Waals surface area contributed by atoms with Crippen molar-refractivity contribution in [3.05, 3.63) is 88.2 Å². The molecule has 136 valence electrons. The van der Waals surface area contributed by atoms with Gasteiger partial charge in [0.1, 0.15) is 5.76 Å². The van der Waals surface area contributed by atoms with Gasteiger partial charge in [0.15, 0.2) is 11.9 Å². The van der Waals surface area contributed by atoms with Crippen LogP contribution in [0.2, 0.25) is 5.02 Å². The van der Waals surface area contributed by atoms with E-state index in [1.807, 2.05) is 42.5 Å². The molecule has 0 aromatic heterocycles. The summed E-state index contributed by atoms with van der Waals surface area (Å²) in [4.78, 5) is 25.6. The van der Waals surface area contributed by atoms with Gasteiger partial charge in [-0.2, -0.15) is 0 Å². The first-order valence-corrected chi connectivity index (χ1v) is 9.47. The molecule has 4 rings (SSSR count). The van der Waals surface area contributed by atoms with E-state index in [0.717, 1.165) is 12.0 Å². The summed E-state index contributed by atoms with van der Waals surface area (Å²) in [6.45, 7) is 0. The SMILES string of the molecule is O=C1CCCC2=C1C(/C=C/c1ccccc1)C(C(=O)c1ccc(Cl)cc1)O2. The maximum absolute atomic E-state index is 13.1. The lowest BCUT2D eigenvalue weighted by molar-refractivity contribution is -0.116. The first-order chi connectivity index (χ1) is 13.1. The maximum Gasteiger partial charge on any atom is 0.204 e. The average molecular weight is 379 g/mol. The summed E-state index contributed by atoms with van der Waals surface area (Å²) < 4.78 is 6.01. The van der Waals surface area contributed by atoms with Gasteiger partial charge in [-0.25, -0.2) is 0 Å². The van der Waals surface area contributed by atoms with Crippen molar-refractivity contribution in [3.63, 3.8) is 0 Å². The van der Waals surface area contributed by atoms with Crippen LogP contribution in [0.15, 0.2) is 72.0 Å². The number of ketones is 2. The second-order valence-electron chi connectivity index (χ2n) is 6.82. The summed E-state index contributed by atoms with van der Waals surface area (Å²) in [6.07, 6.45) is 5.17. The normalized spacial score (nSPS) is 22.0. The van der Waals surface area contributed by atoms with E-state index in [-0.39, 0.29) is 17.5 Å². The second kappa shape index (κ2) is 7.53. The number of halogens is 1. The number of hydrogen-bond acceptors (Lipinski definition) is 3. The molecule has 0 N–H and O–H groups in total. The first-order valence-electron chi connectivity index (χ1n) is 9.09. The van der Waals surface area contributed by atoms with Gasteiger partial charge in [0.25, 0.3) is 0 Å². The van der Waals surface area contributed by atoms with Crippen LogP contribution in [0, 0.1) is 5.92 Å². The van der Waals surface area contributed by atoms with Crippen LogP contribution in [0.5, 0.6) is 0 Å². The molecule has 2 aromatic rings. The minimum Gasteiger partial charge on any atom is -0.485 e. The summed E-state index contributed by atoms with van der Waals surface area (Å²) in [6, 6.07) is 16.6. The highest BCUT2D eigenvalue weighted by atomic mass is 35.5. The summed E-state index contributed by atoms with van der Waals surface area (Å²) >= 11 is 5.93. The second-order valence-corrected chi connectivity index (χ2v) is 7.26. The third kappa shape index (κ3) is 3.60. The molecule has 0 saturated carbocycles. The zero-order valence-corrected chi connectivity index (χ0v) is 15.5. The first kappa shape index (κ1) is 17.7. The molecule has 0 saturated heterocycles. The Morgan fingerprint density at radius 1 is 1.04 bits per heavy atom. The van der Waals surface area contributed by atoms with E-state index in [2.05, 4.69) is 0 Å². The Morgan fingerprint density at radius 3 is 2.52 bits per heavy atom. The topological polar surface area (TPSA) is 43.4 Å². The summed E-state index contributed by atoms with van der Waals surface area (Å²) in [7, 11) is 0. The lowest BCUT2D eigenvalue weighted by atomic mass is 9.83. The molecule has 2 unspecified atom stereocenters. The molecule has 1 aliphatic heterocycles. The monoisotopic (exact) mass is 378 g/mol. The highest BCUT2D eigenvalue weighted by Gasteiger charge is 2.43. The fourth-order valence-corrected chi connectivity index (χ4v) is 3.80. The third-order valence-corrected chi connectivity index (χ3v) is 5.27. The number of rotatable bonds is 4. The minimum atomic E-state index is -0.710. The molecule has 0 spiro atoms. The predicted octanol–water partition coefficient (Wildman–Crippen LogP) is 5.26. The Balaban J connectivity index is 1.68. The molecule has 0 radical (unpaired) electrons. The molecular weight excluding hydrogens is 360 g/mol. The molecule has 2 aliphatic rings. The number of allylic oxidation sites excluding steroid dienone is 1. The quantitative estimate of drug-likeness (QED) is 0.682. The lowest BCUT2D eigenvalue weighted by Crippen LogP contribution is -2.28. The number of Topliss-reactive ketones (excluding diaryl/α,β-unsaturated/α-hetero) is 2. The zero-order chi connectivity index (χ0) is 18.8. The Morgan fingerprint density at radius 2 is 1.78 bits per heavy atom. The van der Waals surface area contributed by atoms with Gasteiger partial charge in [0.2, 0.25) is 5.78 Å². The van der Waals surface area contributed by atoms with Gasteiger partial charge in [-0.15, -0.1) is 0 Å². The van der Waals surface area contributed by atoms with Crippen LogP contribution in [0.1, 0.15) is 35.2 Å². The highest BCUT2D eigenvalue weighted by Crippen LogP contribution is 2.40. The third-order valence-electron chi connectivity index (χ3n) is 5.02. The summed E-state index contributed by atoms with van der Waals surface area (Å²) in [5.41, 5.74) is 2.23. The number of carbonyl (C=O) groups is 2. The van der Waals surface area contributed by atoms with Crippen LogP contribution in [0.3, 0.4) is 0 Å². The molecule has 0 amide bonds. The van der Waals surface area contributed by atoms with Crippen molar-refractivity contribution in [1.82, 2.24) is 0 Å². The predicted molar refractivity (Wildman–Crippen MR) is 106 cm³/mol. The van der Waals surface area contributed by atoms with Gasteiger partial charge < -0.3 is 4.74 Å². The van der Waals surface area contributed by atoms with Gasteiger partial charge in [0, 0.05) is 29.0 Å². The molecule has 4 heteroatoms. The fourth-order valence-electron chi connectivity index (χ4n) is 3.68. The van der Waals surface area contributed by atoms with Crippen molar-refractivity contribution >= 4 is 29.2 Å². The van der Waals surface area contributed by atoms with Gasteiger partial charge in [-0.1, -0.05) is 54.1 Å². The van der Waals surface area contributed by atoms with E-state index in [9.17, 15) is 9.59 Å². The van der Waals surface area contributed by atoms with E-state index < -0.39 is 6.10 Å². The van der Waals surface area contributed by atoms with Crippen LogP contribution in [-0.4, -0.2) is 17.7 Å². The number of carbonyl (C=O) groups excluding carboxylic acids is 2. The van der Waals surface area contributed by atoms with Crippen LogP contribution in [0.4, 0.5) is 0 Å². The fraction of sp³-hybridized carbons (Fsp3) is 0.217. The van der Waals surface area contributed by atoms with E-state index in [0.29, 0.717) is 34.8 Å². The van der Waals surface area contributed by atoms with E-state index in [4.69, 9.17) is 16.3 Å². The molecule has 0 fully saturated rings. The number of benzene rings is 2. The molecule has 2 aromatic carbocycles. The van der Waals surface area contributed by atoms with Crippen molar-refractivity contribution in [3.8, 4) is 0 Å². The van der Waals surface area contributed by atoms with Gasteiger partial charge in [0.05, 0.1) is 5.92 Å². The summed E-state index contributed by atoms with van der Waals surface area (Å²) in [5, 5.41) is 0.576. The molecule has 1 heterocycles. The van der Waals surface area contributed by atoms with E-state index in [1.165, 1.54) is 0 Å². The van der Waals surface area contributed by atoms with Crippen molar-refractivity contribution in [2.75, 3.05) is 0 Å². The molecule has 0 bridgehead atoms. The van der Waals surface area contributed by atoms with E-state index >= 15 is 0 Å². The van der Waals surface area contributed by atoms with Crippen molar-refractivity contribution in [2.45, 2.75) is 25.4 Å². The highest BCUT2D eigenvalue weighted by molar-refractivity contribution is 6.30. The summed E-state index contributed by atoms with van der Waals surface area (Å²) in [5.74, 6) is 0.277. The largest absolute Gasteiger partial charge is 0.485 e. The number of hydrogen-bond donors (Lipinski definition) is 0. The van der Waals surface area contributed by atoms with Crippen molar-refractivity contribution in [2.24, 2.45) is 5.92 Å². The van der Waals surface area contributed by atoms with Crippen molar-refractivity contribution < 1.29 is 14.3 Å². The zero-order valence-electron chi connectivity index (χ0n) is 14.7. The molecule has 1 aliphatic carbocycles. The van der Waals surface area contributed by atoms with Crippen molar-refractivity contribution in [1.29, 1.82) is 0 Å². The van der Waals surface area contributed by atoms with Gasteiger partial charge in [-0.05, 0) is 36.2 Å². The van der Waals surface area contributed by atoms with Crippen LogP contribution < -0.4 is 0 Å². The smallest absolute Gasteiger partial charge is 0.204 e. The number of ether oxygens (including phenoxy) is 1. The molecule has 3 nitrogen and oxygen atoms in total.